The number of hydrogen-bond donors (Lipinski definition) is 1. The first kappa shape index (κ1) is 57.5. The standard InChI is InChI=1S/C59H92O14Si2/c1-34-26-39-20-22-44(61)35(2)27-41(67-56(62)37-18-16-15-17-19-37)24-25-59-32-49-52(71-59)53-54(70-49)55(72-59)51-45(69-53)23-21-40(66-51)28-38(60)29-43-47(31-46(65-39)36(34)3)68-48(50(43)63-10)30-42(73-75(13,14)58(7,8)9)33-64-74(11,12)57(4,5)6/h15-19,34,39-55,61H,2-3,20-33H2,1,4-14H3/t34?,39?,40?,41-,42?,43?,44?,45?,46?,47?,48+,49?,50+,51-,52-,53-,54?,55?,59-/m0/s1. The third-order valence-electron chi connectivity index (χ3n) is 19.4. The predicted octanol–water partition coefficient (Wildman–Crippen LogP) is 10.3. The van der Waals surface area contributed by atoms with Crippen molar-refractivity contribution >= 4 is 28.4 Å². The van der Waals surface area contributed by atoms with E-state index in [1.807, 2.05) is 18.2 Å². The third kappa shape index (κ3) is 12.4. The van der Waals surface area contributed by atoms with Gasteiger partial charge in [0.25, 0.3) is 0 Å². The van der Waals surface area contributed by atoms with E-state index < -0.39 is 58.9 Å². The Hall–Kier alpha value is -2.17. The fourth-order valence-corrected chi connectivity index (χ4v) is 15.2. The van der Waals surface area contributed by atoms with Gasteiger partial charge in [0.15, 0.2) is 22.4 Å². The number of ether oxygens (including phenoxy) is 9. The van der Waals surface area contributed by atoms with Gasteiger partial charge in [0.05, 0.1) is 73.2 Å². The summed E-state index contributed by atoms with van der Waals surface area (Å²) in [5.41, 5.74) is 2.03. The lowest BCUT2D eigenvalue weighted by Gasteiger charge is -2.47. The Labute approximate surface area is 450 Å². The minimum atomic E-state index is -2.28. The van der Waals surface area contributed by atoms with E-state index in [4.69, 9.17) is 51.5 Å². The van der Waals surface area contributed by atoms with Crippen molar-refractivity contribution in [2.75, 3.05) is 13.7 Å². The summed E-state index contributed by atoms with van der Waals surface area (Å²) in [6, 6.07) is 8.96. The Bertz CT molecular complexity index is 2190. The Morgan fingerprint density at radius 2 is 1.45 bits per heavy atom. The van der Waals surface area contributed by atoms with Gasteiger partial charge in [-0.3, -0.25) is 4.79 Å². The van der Waals surface area contributed by atoms with E-state index in [9.17, 15) is 14.7 Å². The van der Waals surface area contributed by atoms with Crippen molar-refractivity contribution in [2.24, 2.45) is 11.8 Å². The smallest absolute Gasteiger partial charge is 0.338 e. The number of esters is 1. The maximum absolute atomic E-state index is 14.8. The van der Waals surface area contributed by atoms with E-state index in [2.05, 4.69) is 87.8 Å². The summed E-state index contributed by atoms with van der Waals surface area (Å²) in [6.07, 6.45) is 0.0300. The lowest BCUT2D eigenvalue weighted by atomic mass is 9.81. The maximum atomic E-state index is 14.8. The monoisotopic (exact) mass is 1080 g/mol. The van der Waals surface area contributed by atoms with Gasteiger partial charge in [-0.05, 0) is 104 Å². The van der Waals surface area contributed by atoms with Crippen LogP contribution in [0.2, 0.25) is 36.3 Å². The van der Waals surface area contributed by atoms with Crippen LogP contribution in [0.1, 0.15) is 142 Å². The van der Waals surface area contributed by atoms with Crippen LogP contribution in [0, 0.1) is 11.8 Å². The molecule has 9 aliphatic rings. The van der Waals surface area contributed by atoms with E-state index in [0.717, 1.165) is 12.0 Å². The molecule has 420 valence electrons. The Kier molecular flexibility index (Phi) is 17.2. The van der Waals surface area contributed by atoms with Crippen molar-refractivity contribution in [3.8, 4) is 0 Å². The van der Waals surface area contributed by atoms with Crippen LogP contribution >= 0.6 is 0 Å². The zero-order chi connectivity index (χ0) is 54.0. The zero-order valence-corrected chi connectivity index (χ0v) is 49.3. The molecule has 12 unspecified atom stereocenters. The molecule has 0 amide bonds. The number of benzene rings is 1. The first-order chi connectivity index (χ1) is 35.2. The molecule has 75 heavy (non-hydrogen) atoms. The van der Waals surface area contributed by atoms with Crippen LogP contribution in [-0.2, 0) is 56.3 Å². The van der Waals surface area contributed by atoms with Crippen molar-refractivity contribution in [3.05, 3.63) is 60.2 Å². The summed E-state index contributed by atoms with van der Waals surface area (Å²) in [5, 5.41) is 11.8. The normalized spacial score (nSPS) is 40.4. The van der Waals surface area contributed by atoms with Crippen LogP contribution in [0.3, 0.4) is 0 Å². The first-order valence-electron chi connectivity index (χ1n) is 28.5. The minimum absolute atomic E-state index is 0.0201. The second-order valence-corrected chi connectivity index (χ2v) is 36.3. The topological polar surface area (TPSA) is 156 Å². The Morgan fingerprint density at radius 1 is 0.773 bits per heavy atom. The number of ketones is 1. The molecule has 10 rings (SSSR count). The molecule has 19 atom stereocenters. The summed E-state index contributed by atoms with van der Waals surface area (Å²) in [4.78, 5) is 28.4. The largest absolute Gasteiger partial charge is 0.458 e. The lowest BCUT2D eigenvalue weighted by molar-refractivity contribution is -0.292. The van der Waals surface area contributed by atoms with Crippen LogP contribution in [0.15, 0.2) is 54.6 Å². The average Bonchev–Trinajstić information content (AvgIpc) is 3.90. The van der Waals surface area contributed by atoms with E-state index in [0.29, 0.717) is 75.5 Å². The number of aliphatic hydroxyl groups is 1. The SMILES string of the molecule is C=C1C[C@@H](OC(=O)c2ccccc2)CC[C@@]23CC4OC5C(O2)[C@H]2OC(CCC2O[C@H]5[C@H]4O3)CC(=O)CC2C(CC3OC(CCC1O)CC(C)C3=C)O[C@H](CC(CO[Si](C)(C)C(C)(C)C)O[Si](C)(C)C(C)(C)C)[C@@H]2OC. The van der Waals surface area contributed by atoms with Gasteiger partial charge in [0, 0.05) is 58.0 Å². The number of carbonyl (C=O) groups excluding carboxylic acids is 2. The highest BCUT2D eigenvalue weighted by Crippen LogP contribution is 2.54. The van der Waals surface area contributed by atoms with Crippen molar-refractivity contribution in [1.82, 2.24) is 0 Å². The molecule has 0 radical (unpaired) electrons. The lowest BCUT2D eigenvalue weighted by Crippen LogP contribution is -2.61. The summed E-state index contributed by atoms with van der Waals surface area (Å²) in [6.45, 7) is 34.3. The number of Topliss-reactive ketones (excluding diaryl/α,β-unsaturated/α-hetero) is 1. The van der Waals surface area contributed by atoms with Gasteiger partial charge in [0.1, 0.15) is 42.4 Å². The molecule has 9 aliphatic heterocycles. The minimum Gasteiger partial charge on any atom is -0.458 e. The second-order valence-electron chi connectivity index (χ2n) is 26.8. The van der Waals surface area contributed by atoms with Crippen LogP contribution in [-0.4, -0.2) is 151 Å². The van der Waals surface area contributed by atoms with Crippen molar-refractivity contribution in [3.63, 3.8) is 0 Å². The third-order valence-corrected chi connectivity index (χ3v) is 28.4. The van der Waals surface area contributed by atoms with Gasteiger partial charge < -0.3 is 56.6 Å². The molecule has 9 fully saturated rings. The highest BCUT2D eigenvalue weighted by Gasteiger charge is 2.69. The summed E-state index contributed by atoms with van der Waals surface area (Å²) >= 11 is 0. The molecule has 1 N–H and O–H groups in total. The molecule has 1 aromatic rings. The van der Waals surface area contributed by atoms with Crippen molar-refractivity contribution < 1.29 is 66.2 Å². The fraction of sp³-hybridized carbons (Fsp3) is 0.797. The molecule has 10 bridgehead atoms. The molecular formula is C59H92O14Si2. The van der Waals surface area contributed by atoms with Crippen LogP contribution in [0.4, 0.5) is 0 Å². The molecular weight excluding hydrogens is 989 g/mol. The van der Waals surface area contributed by atoms with Crippen LogP contribution in [0.5, 0.6) is 0 Å². The Balaban J connectivity index is 1.00. The molecule has 0 aromatic heterocycles. The molecule has 16 heteroatoms. The molecule has 9 heterocycles. The van der Waals surface area contributed by atoms with E-state index in [1.54, 1.807) is 19.2 Å². The highest BCUT2D eigenvalue weighted by molar-refractivity contribution is 6.74. The van der Waals surface area contributed by atoms with Gasteiger partial charge >= 0.3 is 5.97 Å². The van der Waals surface area contributed by atoms with Gasteiger partial charge in [-0.25, -0.2) is 4.79 Å². The molecule has 14 nitrogen and oxygen atoms in total. The first-order valence-corrected chi connectivity index (χ1v) is 34.3. The number of aliphatic hydroxyl groups excluding tert-OH is 1. The Morgan fingerprint density at radius 3 is 2.16 bits per heavy atom. The molecule has 1 spiro atoms. The fourth-order valence-electron chi connectivity index (χ4n) is 12.8. The van der Waals surface area contributed by atoms with Crippen molar-refractivity contribution in [1.29, 1.82) is 0 Å². The summed E-state index contributed by atoms with van der Waals surface area (Å²) in [5.74, 6) is -1.52. The highest BCUT2D eigenvalue weighted by atomic mass is 28.4. The van der Waals surface area contributed by atoms with Gasteiger partial charge in [-0.2, -0.15) is 0 Å². The van der Waals surface area contributed by atoms with E-state index in [1.165, 1.54) is 0 Å². The molecule has 1 aromatic carbocycles. The zero-order valence-electron chi connectivity index (χ0n) is 47.3. The van der Waals surface area contributed by atoms with E-state index in [-0.39, 0.29) is 114 Å². The number of rotatable bonds is 10. The summed E-state index contributed by atoms with van der Waals surface area (Å²) < 4.78 is 75.6. The van der Waals surface area contributed by atoms with Gasteiger partial charge in [-0.1, -0.05) is 79.8 Å². The number of methoxy groups -OCH3 is 1. The predicted molar refractivity (Wildman–Crippen MR) is 289 cm³/mol. The van der Waals surface area contributed by atoms with Crippen LogP contribution < -0.4 is 0 Å². The molecule has 0 saturated carbocycles. The summed E-state index contributed by atoms with van der Waals surface area (Å²) in [7, 11) is -2.69. The number of carbonyl (C=O) groups is 2. The number of fused-ring (bicyclic) bond motifs is 4. The molecule has 9 saturated heterocycles. The molecule has 0 aliphatic carbocycles. The van der Waals surface area contributed by atoms with Crippen molar-refractivity contribution in [2.45, 2.75) is 272 Å². The van der Waals surface area contributed by atoms with Gasteiger partial charge in [0.2, 0.25) is 0 Å². The maximum Gasteiger partial charge on any atom is 0.338 e. The second kappa shape index (κ2) is 22.4. The quantitative estimate of drug-likeness (QED) is 0.134. The average molecular weight is 1080 g/mol. The van der Waals surface area contributed by atoms with Gasteiger partial charge in [-0.15, -0.1) is 0 Å². The van der Waals surface area contributed by atoms with E-state index >= 15 is 0 Å². The van der Waals surface area contributed by atoms with Crippen LogP contribution in [0.25, 0.3) is 0 Å². The number of hydrogen-bond acceptors (Lipinski definition) is 14.